The van der Waals surface area contributed by atoms with Crippen LogP contribution in [-0.2, 0) is 31.0 Å². The second kappa shape index (κ2) is 9.62. The van der Waals surface area contributed by atoms with Gasteiger partial charge in [-0.3, -0.25) is 19.3 Å². The number of nitrogens with one attached hydrogen (secondary N) is 1. The molecule has 1 aromatic carbocycles. The summed E-state index contributed by atoms with van der Waals surface area (Å²) in [5, 5.41) is 25.4. The third-order valence-corrected chi connectivity index (χ3v) is 7.46. The lowest BCUT2D eigenvalue weighted by atomic mass is 10.0. The molecule has 1 fully saturated rings. The van der Waals surface area contributed by atoms with Crippen LogP contribution >= 0.6 is 23.5 Å². The fourth-order valence-electron chi connectivity index (χ4n) is 3.48. The first kappa shape index (κ1) is 22.8. The van der Waals surface area contributed by atoms with E-state index in [2.05, 4.69) is 20.8 Å². The van der Waals surface area contributed by atoms with E-state index >= 15 is 0 Å². The van der Waals surface area contributed by atoms with E-state index in [1.807, 2.05) is 0 Å². The molecule has 4 rings (SSSR count). The lowest BCUT2D eigenvalue weighted by molar-refractivity contribution is -0.301. The summed E-state index contributed by atoms with van der Waals surface area (Å²) in [6, 6.07) is 7.39. The summed E-state index contributed by atoms with van der Waals surface area (Å²) >= 11 is 2.55. The SMILES string of the molecule is Cn1nnnc1SCC1=C(C(=O)[O-])N2C(=O)C(NC(=O)C(OC=O)c3ccccc3)C2SC1. The quantitative estimate of drug-likeness (QED) is 0.251. The fraction of sp³-hybridized carbons (Fsp3) is 0.316. The standard InChI is InChI=1S/C19H18N6O6S2/c1-24-19(21-22-23-24)33-8-11-7-32-17-12(16(28)25(17)13(11)18(29)30)20-15(27)14(31-9-26)10-5-3-2-4-6-10/h2-6,9,12,14,17H,7-8H2,1H3,(H,20,27)(H,29,30)/p-1. The van der Waals surface area contributed by atoms with E-state index < -0.39 is 35.3 Å². The summed E-state index contributed by atoms with van der Waals surface area (Å²) in [5.41, 5.74) is 0.726. The number of carboxylic acids is 1. The number of thioether (sulfide) groups is 2. The minimum Gasteiger partial charge on any atom is -0.543 e. The Kier molecular flexibility index (Phi) is 6.65. The van der Waals surface area contributed by atoms with Gasteiger partial charge in [-0.1, -0.05) is 42.1 Å². The average molecular weight is 490 g/mol. The number of hydrogen-bond acceptors (Lipinski definition) is 11. The Labute approximate surface area is 195 Å². The van der Waals surface area contributed by atoms with Crippen molar-refractivity contribution in [2.24, 2.45) is 7.05 Å². The van der Waals surface area contributed by atoms with Gasteiger partial charge < -0.3 is 20.0 Å². The molecule has 172 valence electrons. The van der Waals surface area contributed by atoms with Gasteiger partial charge in [0.2, 0.25) is 11.3 Å². The number of ether oxygens (including phenoxy) is 1. The number of aromatic nitrogens is 4. The highest BCUT2D eigenvalue weighted by molar-refractivity contribution is 8.01. The number of carboxylic acid groups (broad SMARTS) is 1. The minimum atomic E-state index is -1.48. The summed E-state index contributed by atoms with van der Waals surface area (Å²) < 4.78 is 6.38. The molecule has 12 nitrogen and oxygen atoms in total. The van der Waals surface area contributed by atoms with E-state index in [4.69, 9.17) is 4.74 Å². The van der Waals surface area contributed by atoms with Crippen LogP contribution in [0.15, 0.2) is 46.8 Å². The molecule has 33 heavy (non-hydrogen) atoms. The topological polar surface area (TPSA) is 159 Å². The largest absolute Gasteiger partial charge is 0.543 e. The summed E-state index contributed by atoms with van der Waals surface area (Å²) in [7, 11) is 1.66. The van der Waals surface area contributed by atoms with Crippen molar-refractivity contribution in [3.05, 3.63) is 47.2 Å². The van der Waals surface area contributed by atoms with Gasteiger partial charge in [-0.2, -0.15) is 0 Å². The summed E-state index contributed by atoms with van der Waals surface area (Å²) in [4.78, 5) is 49.5. The zero-order valence-corrected chi connectivity index (χ0v) is 18.7. The first-order valence-corrected chi connectivity index (χ1v) is 11.6. The molecule has 0 spiro atoms. The van der Waals surface area contributed by atoms with E-state index in [9.17, 15) is 24.3 Å². The molecule has 1 aromatic heterocycles. The van der Waals surface area contributed by atoms with Gasteiger partial charge in [0.25, 0.3) is 18.3 Å². The van der Waals surface area contributed by atoms with Gasteiger partial charge >= 0.3 is 0 Å². The Morgan fingerprint density at radius 2 is 2.15 bits per heavy atom. The van der Waals surface area contributed by atoms with Crippen molar-refractivity contribution in [2.75, 3.05) is 11.5 Å². The Morgan fingerprint density at radius 1 is 1.39 bits per heavy atom. The number of benzene rings is 1. The van der Waals surface area contributed by atoms with Crippen LogP contribution in [0.1, 0.15) is 11.7 Å². The molecule has 0 bridgehead atoms. The maximum Gasteiger partial charge on any atom is 0.294 e. The van der Waals surface area contributed by atoms with Gasteiger partial charge in [0.15, 0.2) is 0 Å². The zero-order valence-electron chi connectivity index (χ0n) is 17.1. The lowest BCUT2D eigenvalue weighted by Gasteiger charge is -2.51. The van der Waals surface area contributed by atoms with E-state index in [0.717, 1.165) is 4.90 Å². The van der Waals surface area contributed by atoms with Crippen molar-refractivity contribution >= 4 is 47.8 Å². The predicted molar refractivity (Wildman–Crippen MR) is 113 cm³/mol. The summed E-state index contributed by atoms with van der Waals surface area (Å²) in [6.07, 6.45) is -1.23. The number of nitrogens with zero attached hydrogens (tertiary/aromatic N) is 5. The van der Waals surface area contributed by atoms with Crippen LogP contribution in [0.2, 0.25) is 0 Å². The molecule has 2 aromatic rings. The minimum absolute atomic E-state index is 0.162. The van der Waals surface area contributed by atoms with E-state index in [1.54, 1.807) is 37.4 Å². The summed E-state index contributed by atoms with van der Waals surface area (Å²) in [5.74, 6) is -2.17. The van der Waals surface area contributed by atoms with Crippen LogP contribution in [0.3, 0.4) is 0 Å². The molecule has 2 amide bonds. The highest BCUT2D eigenvalue weighted by Gasteiger charge is 2.53. The molecule has 14 heteroatoms. The maximum atomic E-state index is 12.8. The molecule has 2 aliphatic heterocycles. The molecular weight excluding hydrogens is 472 g/mol. The van der Waals surface area contributed by atoms with Crippen molar-refractivity contribution in [3.8, 4) is 0 Å². The first-order chi connectivity index (χ1) is 15.9. The number of β-lactam (4-membered cyclic amide) rings is 1. The number of aryl methyl sites for hydroxylation is 1. The molecule has 1 N–H and O–H groups in total. The predicted octanol–water partition coefficient (Wildman–Crippen LogP) is -1.38. The summed E-state index contributed by atoms with van der Waals surface area (Å²) in [6.45, 7) is 0.162. The molecule has 2 aliphatic rings. The molecule has 1 saturated heterocycles. The molecular formula is C19H17N6O6S2-. The lowest BCUT2D eigenvalue weighted by Crippen LogP contribution is -2.71. The van der Waals surface area contributed by atoms with Crippen molar-refractivity contribution in [3.63, 3.8) is 0 Å². The van der Waals surface area contributed by atoms with Crippen molar-refractivity contribution in [1.82, 2.24) is 30.4 Å². The number of carbonyl (C=O) groups is 4. The number of aliphatic carboxylic acids is 1. The van der Waals surface area contributed by atoms with Crippen LogP contribution < -0.4 is 10.4 Å². The highest BCUT2D eigenvalue weighted by Crippen LogP contribution is 2.41. The van der Waals surface area contributed by atoms with Crippen molar-refractivity contribution in [1.29, 1.82) is 0 Å². The number of carbonyl (C=O) groups excluding carboxylic acids is 4. The van der Waals surface area contributed by atoms with E-state index in [1.165, 1.54) is 28.2 Å². The van der Waals surface area contributed by atoms with Gasteiger partial charge in [0.05, 0.1) is 11.7 Å². The monoisotopic (exact) mass is 489 g/mol. The van der Waals surface area contributed by atoms with Gasteiger partial charge in [0.1, 0.15) is 11.4 Å². The molecule has 0 saturated carbocycles. The van der Waals surface area contributed by atoms with Gasteiger partial charge in [-0.05, 0) is 16.0 Å². The Morgan fingerprint density at radius 3 is 2.79 bits per heavy atom. The molecule has 3 atom stereocenters. The second-order valence-corrected chi connectivity index (χ2v) is 9.08. The van der Waals surface area contributed by atoms with Crippen molar-refractivity contribution < 1.29 is 29.0 Å². The van der Waals surface area contributed by atoms with Gasteiger partial charge in [0, 0.05) is 24.1 Å². The Hall–Kier alpha value is -3.39. The Bertz CT molecular complexity index is 1120. The van der Waals surface area contributed by atoms with Gasteiger partial charge in [-0.25, -0.2) is 4.68 Å². The average Bonchev–Trinajstić information content (AvgIpc) is 3.23. The number of hydrogen-bond donors (Lipinski definition) is 1. The molecule has 0 radical (unpaired) electrons. The smallest absolute Gasteiger partial charge is 0.294 e. The fourth-order valence-corrected chi connectivity index (χ4v) is 5.82. The highest BCUT2D eigenvalue weighted by atomic mass is 32.2. The van der Waals surface area contributed by atoms with Crippen LogP contribution in [0.4, 0.5) is 0 Å². The second-order valence-electron chi connectivity index (χ2n) is 7.03. The number of rotatable bonds is 9. The zero-order chi connectivity index (χ0) is 23.5. The third kappa shape index (κ3) is 4.43. The molecule has 3 unspecified atom stereocenters. The third-order valence-electron chi connectivity index (χ3n) is 5.03. The van der Waals surface area contributed by atoms with Crippen LogP contribution in [-0.4, -0.2) is 72.3 Å². The van der Waals surface area contributed by atoms with Crippen LogP contribution in [0.5, 0.6) is 0 Å². The maximum absolute atomic E-state index is 12.8. The van der Waals surface area contributed by atoms with Crippen LogP contribution in [0.25, 0.3) is 0 Å². The van der Waals surface area contributed by atoms with Crippen molar-refractivity contribution in [2.45, 2.75) is 22.7 Å². The number of tetrazole rings is 1. The molecule has 3 heterocycles. The van der Waals surface area contributed by atoms with E-state index in [-0.39, 0.29) is 17.9 Å². The normalized spacial score (nSPS) is 20.5. The van der Waals surface area contributed by atoms with Gasteiger partial charge in [-0.15, -0.1) is 16.9 Å². The Balaban J connectivity index is 1.48. The number of fused-ring (bicyclic) bond motifs is 1. The first-order valence-electron chi connectivity index (χ1n) is 9.60. The van der Waals surface area contributed by atoms with Crippen LogP contribution in [0, 0.1) is 0 Å². The molecule has 0 aliphatic carbocycles. The number of amides is 2. The van der Waals surface area contributed by atoms with E-state index in [0.29, 0.717) is 22.0 Å².